The van der Waals surface area contributed by atoms with E-state index in [0.717, 1.165) is 16.9 Å². The van der Waals surface area contributed by atoms with Crippen LogP contribution < -0.4 is 20.5 Å². The first-order valence-corrected chi connectivity index (χ1v) is 13.2. The fourth-order valence-electron chi connectivity index (χ4n) is 3.86. The molecule has 1 aliphatic rings. The highest BCUT2D eigenvalue weighted by Crippen LogP contribution is 2.43. The zero-order chi connectivity index (χ0) is 25.1. The molecule has 3 aromatic rings. The van der Waals surface area contributed by atoms with Crippen LogP contribution in [0.25, 0.3) is 0 Å². The molecule has 35 heavy (non-hydrogen) atoms. The Hall–Kier alpha value is -2.69. The summed E-state index contributed by atoms with van der Waals surface area (Å²) in [6.07, 6.45) is 0. The minimum absolute atomic E-state index is 0.265. The highest BCUT2D eigenvalue weighted by atomic mass is 79.9. The van der Waals surface area contributed by atoms with Crippen molar-refractivity contribution in [1.82, 2.24) is 14.8 Å². The van der Waals surface area contributed by atoms with Crippen molar-refractivity contribution in [2.24, 2.45) is 5.73 Å². The van der Waals surface area contributed by atoms with Crippen molar-refractivity contribution < 1.29 is 14.3 Å². The molecule has 3 N–H and O–H groups in total. The third-order valence-corrected chi connectivity index (χ3v) is 7.03. The highest BCUT2D eigenvalue weighted by molar-refractivity contribution is 9.10. The van der Waals surface area contributed by atoms with Gasteiger partial charge in [-0.2, -0.15) is 4.98 Å². The van der Waals surface area contributed by atoms with Gasteiger partial charge >= 0.3 is 0 Å². The fourth-order valence-corrected chi connectivity index (χ4v) is 5.18. The number of halogens is 2. The molecule has 1 aliphatic heterocycles. The van der Waals surface area contributed by atoms with Crippen molar-refractivity contribution in [3.63, 3.8) is 0 Å². The van der Waals surface area contributed by atoms with E-state index in [0.29, 0.717) is 50.0 Å². The molecule has 1 atom stereocenters. The number of amides is 1. The van der Waals surface area contributed by atoms with Gasteiger partial charge in [-0.25, -0.2) is 4.68 Å². The largest absolute Gasteiger partial charge is 0.490 e. The standard InChI is InChI=1S/C24H25BrClN5O3S/c1-4-33-18-11-15(10-16(25)21(18)34-12-14-8-6-7-9-17(14)26)20-19(22(27)32)13(3)28-23-29-24(35-5-2)30-31(20)23/h6-11,20H,4-5,12H2,1-3H3,(H2,27,32)(H,28,29,30). The minimum atomic E-state index is -0.587. The molecule has 1 aromatic heterocycles. The highest BCUT2D eigenvalue weighted by Gasteiger charge is 2.34. The summed E-state index contributed by atoms with van der Waals surface area (Å²) in [5.41, 5.74) is 8.45. The average molecular weight is 579 g/mol. The Labute approximate surface area is 221 Å². The number of hydrogen-bond donors (Lipinski definition) is 2. The summed E-state index contributed by atoms with van der Waals surface area (Å²) < 4.78 is 14.4. The molecular formula is C24H25BrClN5O3S. The topological polar surface area (TPSA) is 104 Å². The van der Waals surface area contributed by atoms with Gasteiger partial charge in [-0.15, -0.1) is 5.10 Å². The van der Waals surface area contributed by atoms with Crippen molar-refractivity contribution in [2.75, 3.05) is 17.7 Å². The summed E-state index contributed by atoms with van der Waals surface area (Å²) in [5, 5.41) is 9.03. The first-order chi connectivity index (χ1) is 16.8. The molecule has 0 radical (unpaired) electrons. The normalized spacial score (nSPS) is 14.9. The summed E-state index contributed by atoms with van der Waals surface area (Å²) in [6.45, 7) is 6.42. The number of hydrogen-bond acceptors (Lipinski definition) is 7. The van der Waals surface area contributed by atoms with Crippen LogP contribution in [-0.2, 0) is 11.4 Å². The molecule has 184 valence electrons. The number of anilines is 1. The lowest BCUT2D eigenvalue weighted by molar-refractivity contribution is -0.115. The second kappa shape index (κ2) is 10.9. The van der Waals surface area contributed by atoms with E-state index in [2.05, 4.69) is 31.3 Å². The van der Waals surface area contributed by atoms with E-state index in [-0.39, 0.29) is 6.61 Å². The van der Waals surface area contributed by atoms with Crippen LogP contribution in [0.3, 0.4) is 0 Å². The van der Waals surface area contributed by atoms with Gasteiger partial charge in [0.25, 0.3) is 0 Å². The molecular weight excluding hydrogens is 554 g/mol. The molecule has 1 unspecified atom stereocenters. The maximum atomic E-state index is 12.5. The van der Waals surface area contributed by atoms with Gasteiger partial charge in [-0.05, 0) is 59.3 Å². The Kier molecular flexibility index (Phi) is 7.93. The first-order valence-electron chi connectivity index (χ1n) is 11.0. The van der Waals surface area contributed by atoms with Gasteiger partial charge in [-0.1, -0.05) is 48.5 Å². The van der Waals surface area contributed by atoms with Crippen LogP contribution >= 0.6 is 39.3 Å². The predicted octanol–water partition coefficient (Wildman–Crippen LogP) is 5.56. The van der Waals surface area contributed by atoms with Crippen LogP contribution in [0.1, 0.15) is 37.9 Å². The average Bonchev–Trinajstić information content (AvgIpc) is 3.20. The zero-order valence-corrected chi connectivity index (χ0v) is 22.6. The van der Waals surface area contributed by atoms with Gasteiger partial charge in [0, 0.05) is 16.3 Å². The molecule has 2 heterocycles. The molecule has 2 aromatic carbocycles. The molecule has 11 heteroatoms. The summed E-state index contributed by atoms with van der Waals surface area (Å²) in [7, 11) is 0. The van der Waals surface area contributed by atoms with E-state index in [4.69, 9.17) is 26.8 Å². The molecule has 0 aliphatic carbocycles. The van der Waals surface area contributed by atoms with E-state index >= 15 is 0 Å². The number of carbonyl (C=O) groups is 1. The third kappa shape index (κ3) is 5.29. The number of carbonyl (C=O) groups excluding carboxylic acids is 1. The summed E-state index contributed by atoms with van der Waals surface area (Å²) in [6, 6.07) is 10.6. The van der Waals surface area contributed by atoms with E-state index in [1.807, 2.05) is 50.2 Å². The molecule has 0 saturated carbocycles. The zero-order valence-electron chi connectivity index (χ0n) is 19.5. The first kappa shape index (κ1) is 25.4. The van der Waals surface area contributed by atoms with Gasteiger partial charge in [0.2, 0.25) is 17.0 Å². The Bertz CT molecular complexity index is 1300. The maximum Gasteiger partial charge on any atom is 0.248 e. The maximum absolute atomic E-state index is 12.5. The minimum Gasteiger partial charge on any atom is -0.490 e. The lowest BCUT2D eigenvalue weighted by Gasteiger charge is -2.28. The van der Waals surface area contributed by atoms with Crippen LogP contribution in [0, 0.1) is 0 Å². The van der Waals surface area contributed by atoms with Gasteiger partial charge in [-0.3, -0.25) is 4.79 Å². The van der Waals surface area contributed by atoms with Crippen molar-refractivity contribution in [1.29, 1.82) is 0 Å². The lowest BCUT2D eigenvalue weighted by Crippen LogP contribution is -2.32. The van der Waals surface area contributed by atoms with E-state index in [9.17, 15) is 4.79 Å². The summed E-state index contributed by atoms with van der Waals surface area (Å²) in [5.74, 6) is 1.88. The number of fused-ring (bicyclic) bond motifs is 1. The second-order valence-corrected chi connectivity index (χ2v) is 10.2. The number of allylic oxidation sites excluding steroid dienone is 1. The monoisotopic (exact) mass is 577 g/mol. The SMILES string of the molecule is CCOc1cc(C2C(C(N)=O)=C(C)Nc3nc(SCC)nn32)cc(Br)c1OCc1ccccc1Cl. The van der Waals surface area contributed by atoms with Crippen molar-refractivity contribution in [3.05, 3.63) is 68.3 Å². The number of thioether (sulfide) groups is 1. The molecule has 1 amide bonds. The van der Waals surface area contributed by atoms with Crippen molar-refractivity contribution in [3.8, 4) is 11.5 Å². The molecule has 0 bridgehead atoms. The number of benzene rings is 2. The van der Waals surface area contributed by atoms with Crippen LogP contribution in [-0.4, -0.2) is 33.0 Å². The van der Waals surface area contributed by atoms with Crippen LogP contribution in [0.5, 0.6) is 11.5 Å². The van der Waals surface area contributed by atoms with Crippen molar-refractivity contribution >= 4 is 51.1 Å². The quantitative estimate of drug-likeness (QED) is 0.321. The number of aromatic nitrogens is 3. The number of nitrogens with two attached hydrogens (primary N) is 1. The number of ether oxygens (including phenoxy) is 2. The number of nitrogens with zero attached hydrogens (tertiary/aromatic N) is 3. The van der Waals surface area contributed by atoms with E-state index in [1.54, 1.807) is 11.6 Å². The Morgan fingerprint density at radius 2 is 2.06 bits per heavy atom. The van der Waals surface area contributed by atoms with Gasteiger partial charge in [0.05, 0.1) is 16.7 Å². The Morgan fingerprint density at radius 1 is 1.29 bits per heavy atom. The number of primary amides is 1. The lowest BCUT2D eigenvalue weighted by atomic mass is 9.95. The molecule has 0 spiro atoms. The Morgan fingerprint density at radius 3 is 2.74 bits per heavy atom. The summed E-state index contributed by atoms with van der Waals surface area (Å²) in [4.78, 5) is 17.1. The van der Waals surface area contributed by atoms with Crippen LogP contribution in [0.2, 0.25) is 5.02 Å². The number of nitrogens with one attached hydrogen (secondary N) is 1. The third-order valence-electron chi connectivity index (χ3n) is 5.35. The predicted molar refractivity (Wildman–Crippen MR) is 141 cm³/mol. The van der Waals surface area contributed by atoms with Gasteiger partial charge in [0.1, 0.15) is 12.6 Å². The second-order valence-electron chi connectivity index (χ2n) is 7.67. The van der Waals surface area contributed by atoms with Crippen molar-refractivity contribution in [2.45, 2.75) is 38.6 Å². The van der Waals surface area contributed by atoms with Crippen LogP contribution in [0.15, 0.2) is 57.3 Å². The Balaban J connectivity index is 1.78. The molecule has 0 saturated heterocycles. The molecule has 0 fully saturated rings. The number of rotatable bonds is 9. The van der Waals surface area contributed by atoms with E-state index in [1.165, 1.54) is 11.8 Å². The molecule has 4 rings (SSSR count). The fraction of sp³-hybridized carbons (Fsp3) is 0.292. The molecule has 8 nitrogen and oxygen atoms in total. The van der Waals surface area contributed by atoms with Gasteiger partial charge in [0.15, 0.2) is 11.5 Å². The smallest absolute Gasteiger partial charge is 0.248 e. The van der Waals surface area contributed by atoms with Crippen LogP contribution in [0.4, 0.5) is 5.95 Å². The van der Waals surface area contributed by atoms with E-state index < -0.39 is 11.9 Å². The summed E-state index contributed by atoms with van der Waals surface area (Å²) >= 11 is 11.4. The van der Waals surface area contributed by atoms with Gasteiger partial charge < -0.3 is 20.5 Å².